The Morgan fingerprint density at radius 3 is 2.60 bits per heavy atom. The topological polar surface area (TPSA) is 114 Å². The van der Waals surface area contributed by atoms with Crippen LogP contribution in [0.2, 0.25) is 0 Å². The number of carbonyl (C=O) groups excluding carboxylic acids is 2. The lowest BCUT2D eigenvalue weighted by molar-refractivity contribution is -0.166. The van der Waals surface area contributed by atoms with E-state index in [9.17, 15) is 18.0 Å². The van der Waals surface area contributed by atoms with Crippen LogP contribution in [0.15, 0.2) is 0 Å². The number of nitrogens with zero attached hydrogens (tertiary/aromatic N) is 4. The largest absolute Gasteiger partial charge is 0.361 e. The Kier molecular flexibility index (Phi) is 6.26. The van der Waals surface area contributed by atoms with E-state index < -0.39 is 27.4 Å². The molecule has 1 N–H and O–H groups in total. The van der Waals surface area contributed by atoms with E-state index in [1.54, 1.807) is 4.90 Å². The third-order valence-corrected chi connectivity index (χ3v) is 7.35. The quantitative estimate of drug-likeness (QED) is 0.645. The number of morpholine rings is 1. The zero-order valence-corrected chi connectivity index (χ0v) is 19.1. The first kappa shape index (κ1) is 22.7. The minimum Gasteiger partial charge on any atom is -0.361 e. The fraction of sp³-hybridized carbons (Fsp3) is 0.737. The van der Waals surface area contributed by atoms with Gasteiger partial charge in [0.25, 0.3) is 5.91 Å². The van der Waals surface area contributed by atoms with Crippen molar-refractivity contribution in [3.8, 4) is 0 Å². The minimum absolute atomic E-state index is 0.0756. The lowest BCUT2D eigenvalue weighted by Gasteiger charge is -2.37. The number of aryl methyl sites for hydroxylation is 2. The molecule has 2 atom stereocenters. The highest BCUT2D eigenvalue weighted by atomic mass is 32.2. The fourth-order valence-corrected chi connectivity index (χ4v) is 5.18. The molecule has 0 unspecified atom stereocenters. The molecule has 11 heteroatoms. The number of hydrogen-bond acceptors (Lipinski definition) is 6. The van der Waals surface area contributed by atoms with Gasteiger partial charge >= 0.3 is 0 Å². The lowest BCUT2D eigenvalue weighted by Crippen LogP contribution is -2.62. The van der Waals surface area contributed by atoms with Crippen molar-refractivity contribution in [2.75, 3.05) is 39.0 Å². The Labute approximate surface area is 177 Å². The Morgan fingerprint density at radius 2 is 2.07 bits per heavy atom. The van der Waals surface area contributed by atoms with Crippen LogP contribution >= 0.6 is 0 Å². The summed E-state index contributed by atoms with van der Waals surface area (Å²) in [7, 11) is -3.58. The van der Waals surface area contributed by atoms with Crippen molar-refractivity contribution in [3.63, 3.8) is 0 Å². The molecule has 0 aromatic carbocycles. The second kappa shape index (κ2) is 8.27. The van der Waals surface area contributed by atoms with Crippen molar-refractivity contribution in [1.82, 2.24) is 24.3 Å². The summed E-state index contributed by atoms with van der Waals surface area (Å²) in [5.74, 6) is -1.63. The highest BCUT2D eigenvalue weighted by molar-refractivity contribution is 7.88. The molecule has 0 bridgehead atoms. The summed E-state index contributed by atoms with van der Waals surface area (Å²) in [6.45, 7) is 9.60. The molecule has 0 saturated carbocycles. The first-order valence-corrected chi connectivity index (χ1v) is 12.1. The van der Waals surface area contributed by atoms with Gasteiger partial charge in [0.1, 0.15) is 0 Å². The molecule has 3 heterocycles. The van der Waals surface area contributed by atoms with Crippen molar-refractivity contribution in [2.24, 2.45) is 5.92 Å². The molecule has 1 spiro atoms. The average molecular weight is 442 g/mol. The SMILES string of the molecule is CCN(Cc1c(C)nn(CC)c1C)C(=O)[C@H]1CN(S(C)(=O)=O)C[C@@]12OCCNC2=O. The maximum atomic E-state index is 13.6. The van der Waals surface area contributed by atoms with Gasteiger partial charge in [-0.15, -0.1) is 0 Å². The van der Waals surface area contributed by atoms with Gasteiger partial charge in [-0.2, -0.15) is 9.40 Å². The molecule has 168 valence electrons. The van der Waals surface area contributed by atoms with Crippen LogP contribution in [0.1, 0.15) is 30.8 Å². The van der Waals surface area contributed by atoms with Crippen LogP contribution in [0.25, 0.3) is 0 Å². The van der Waals surface area contributed by atoms with Gasteiger partial charge < -0.3 is 15.0 Å². The summed E-state index contributed by atoms with van der Waals surface area (Å²) < 4.78 is 33.3. The van der Waals surface area contributed by atoms with Crippen molar-refractivity contribution in [3.05, 3.63) is 17.0 Å². The third kappa shape index (κ3) is 3.85. The number of sulfonamides is 1. The molecular weight excluding hydrogens is 410 g/mol. The van der Waals surface area contributed by atoms with E-state index in [1.165, 1.54) is 4.31 Å². The van der Waals surface area contributed by atoms with Gasteiger partial charge in [-0.1, -0.05) is 0 Å². The van der Waals surface area contributed by atoms with Crippen molar-refractivity contribution >= 4 is 21.8 Å². The summed E-state index contributed by atoms with van der Waals surface area (Å²) in [6.07, 6.45) is 1.08. The summed E-state index contributed by atoms with van der Waals surface area (Å²) in [6, 6.07) is 0. The van der Waals surface area contributed by atoms with Crippen LogP contribution in [0.3, 0.4) is 0 Å². The van der Waals surface area contributed by atoms with Crippen molar-refractivity contribution in [2.45, 2.75) is 46.4 Å². The number of nitrogens with one attached hydrogen (secondary N) is 1. The van der Waals surface area contributed by atoms with Gasteiger partial charge in [0.2, 0.25) is 15.9 Å². The molecule has 10 nitrogen and oxygen atoms in total. The molecule has 0 aliphatic carbocycles. The molecule has 1 aromatic heterocycles. The fourth-order valence-electron chi connectivity index (χ4n) is 4.33. The monoisotopic (exact) mass is 441 g/mol. The summed E-state index contributed by atoms with van der Waals surface area (Å²) in [5.41, 5.74) is 1.31. The number of hydrogen-bond donors (Lipinski definition) is 1. The third-order valence-electron chi connectivity index (χ3n) is 6.13. The van der Waals surface area contributed by atoms with E-state index in [2.05, 4.69) is 10.4 Å². The van der Waals surface area contributed by atoms with E-state index >= 15 is 0 Å². The lowest BCUT2D eigenvalue weighted by atomic mass is 9.87. The summed E-state index contributed by atoms with van der Waals surface area (Å²) >= 11 is 0. The summed E-state index contributed by atoms with van der Waals surface area (Å²) in [5, 5.41) is 7.25. The first-order valence-electron chi connectivity index (χ1n) is 10.2. The van der Waals surface area contributed by atoms with Crippen LogP contribution < -0.4 is 5.32 Å². The van der Waals surface area contributed by atoms with Crippen molar-refractivity contribution < 1.29 is 22.7 Å². The van der Waals surface area contributed by atoms with Crippen LogP contribution in [0, 0.1) is 19.8 Å². The number of carbonyl (C=O) groups is 2. The maximum Gasteiger partial charge on any atom is 0.254 e. The van der Waals surface area contributed by atoms with Gasteiger partial charge in [0.05, 0.1) is 31.0 Å². The smallest absolute Gasteiger partial charge is 0.254 e. The molecule has 2 fully saturated rings. The molecule has 0 radical (unpaired) electrons. The molecule has 1 aromatic rings. The summed E-state index contributed by atoms with van der Waals surface area (Å²) in [4.78, 5) is 28.0. The average Bonchev–Trinajstić information content (AvgIpc) is 3.20. The van der Waals surface area contributed by atoms with Gasteiger partial charge in [0.15, 0.2) is 5.60 Å². The Balaban J connectivity index is 1.93. The van der Waals surface area contributed by atoms with Crippen LogP contribution in [-0.2, 0) is 37.4 Å². The van der Waals surface area contributed by atoms with Gasteiger partial charge in [-0.3, -0.25) is 14.3 Å². The van der Waals surface area contributed by atoms with Crippen molar-refractivity contribution in [1.29, 1.82) is 0 Å². The predicted molar refractivity (Wildman–Crippen MR) is 110 cm³/mol. The predicted octanol–water partition coefficient (Wildman–Crippen LogP) is -0.355. The zero-order valence-electron chi connectivity index (χ0n) is 18.3. The number of amides is 2. The Bertz CT molecular complexity index is 943. The highest BCUT2D eigenvalue weighted by Crippen LogP contribution is 2.36. The second-order valence-electron chi connectivity index (χ2n) is 7.92. The standard InChI is InChI=1S/C19H31N5O5S/c1-6-22(10-15-13(3)21-24(7-2)14(15)4)17(25)16-11-23(30(5,27)28)12-19(16)18(26)20-8-9-29-19/h16H,6-12H2,1-5H3,(H,20,26)/t16-,19-/m1/s1. The number of rotatable bonds is 6. The molecule has 2 saturated heterocycles. The van der Waals surface area contributed by atoms with E-state index in [0.29, 0.717) is 19.6 Å². The molecule has 2 aliphatic rings. The van der Waals surface area contributed by atoms with E-state index in [4.69, 9.17) is 4.74 Å². The molecule has 30 heavy (non-hydrogen) atoms. The maximum absolute atomic E-state index is 13.6. The Morgan fingerprint density at radius 1 is 1.37 bits per heavy atom. The normalized spacial score (nSPS) is 25.0. The molecule has 2 aliphatic heterocycles. The van der Waals surface area contributed by atoms with Gasteiger partial charge in [-0.25, -0.2) is 8.42 Å². The van der Waals surface area contributed by atoms with Gasteiger partial charge in [-0.05, 0) is 27.7 Å². The highest BCUT2D eigenvalue weighted by Gasteiger charge is 2.59. The minimum atomic E-state index is -3.58. The second-order valence-corrected chi connectivity index (χ2v) is 9.90. The Hall–Kier alpha value is -1.98. The molecular formula is C19H31N5O5S. The number of ether oxygens (including phenoxy) is 1. The van der Waals surface area contributed by atoms with Crippen LogP contribution in [0.5, 0.6) is 0 Å². The molecule has 3 rings (SSSR count). The van der Waals surface area contributed by atoms with E-state index in [-0.39, 0.29) is 25.6 Å². The van der Waals surface area contributed by atoms with Gasteiger partial charge in [0, 0.05) is 44.0 Å². The first-order chi connectivity index (χ1) is 14.0. The van der Waals surface area contributed by atoms with E-state index in [0.717, 1.165) is 29.8 Å². The molecule has 2 amide bonds. The zero-order chi connectivity index (χ0) is 22.3. The van der Waals surface area contributed by atoms with E-state index in [1.807, 2.05) is 32.4 Å². The van der Waals surface area contributed by atoms with Crippen LogP contribution in [-0.4, -0.2) is 83.9 Å². The van der Waals surface area contributed by atoms with Crippen LogP contribution in [0.4, 0.5) is 0 Å². The number of aromatic nitrogens is 2.